The van der Waals surface area contributed by atoms with Gasteiger partial charge in [0.05, 0.1) is 11.5 Å². The number of nitrogens with two attached hydrogens (primary N) is 1. The van der Waals surface area contributed by atoms with E-state index >= 15 is 0 Å². The van der Waals surface area contributed by atoms with Gasteiger partial charge in [-0.3, -0.25) is 4.79 Å². The molecule has 0 bridgehead atoms. The molecule has 1 atom stereocenters. The van der Waals surface area contributed by atoms with Crippen molar-refractivity contribution in [2.45, 2.75) is 19.4 Å². The van der Waals surface area contributed by atoms with E-state index in [1.54, 1.807) is 31.2 Å². The molecule has 21 heavy (non-hydrogen) atoms. The third-order valence-corrected chi connectivity index (χ3v) is 3.18. The first-order chi connectivity index (χ1) is 9.99. The number of hydrogen-bond donors (Lipinski definition) is 1. The molecule has 0 aromatic heterocycles. The maximum Gasteiger partial charge on any atom is 0.313 e. The fourth-order valence-electron chi connectivity index (χ4n) is 1.90. The normalized spacial score (nSPS) is 12.0. The number of hydrogen-bond acceptors (Lipinski definition) is 3. The summed E-state index contributed by atoms with van der Waals surface area (Å²) in [5, 5.41) is 0. The number of carbonyl (C=O) groups is 1. The highest BCUT2D eigenvalue weighted by molar-refractivity contribution is 5.78. The van der Waals surface area contributed by atoms with E-state index in [1.165, 1.54) is 6.07 Å². The molecule has 110 valence electrons. The Morgan fingerprint density at radius 2 is 1.81 bits per heavy atom. The van der Waals surface area contributed by atoms with Gasteiger partial charge in [-0.15, -0.1) is 0 Å². The maximum absolute atomic E-state index is 13.4. The molecule has 0 fully saturated rings. The lowest BCUT2D eigenvalue weighted by molar-refractivity contribution is -0.146. The number of halogens is 2. The second-order valence-corrected chi connectivity index (χ2v) is 4.70. The van der Waals surface area contributed by atoms with Crippen LogP contribution in [-0.4, -0.2) is 5.97 Å². The predicted molar refractivity (Wildman–Crippen MR) is 75.4 cm³/mol. The zero-order valence-electron chi connectivity index (χ0n) is 11.5. The lowest BCUT2D eigenvalue weighted by Crippen LogP contribution is -2.14. The van der Waals surface area contributed by atoms with Crippen molar-refractivity contribution in [3.63, 3.8) is 0 Å². The highest BCUT2D eigenvalue weighted by Gasteiger charge is 2.18. The molecule has 0 radical (unpaired) electrons. The summed E-state index contributed by atoms with van der Waals surface area (Å²) in [7, 11) is 0. The van der Waals surface area contributed by atoms with Crippen molar-refractivity contribution in [1.29, 1.82) is 0 Å². The smallest absolute Gasteiger partial charge is 0.313 e. The predicted octanol–water partition coefficient (Wildman–Crippen LogP) is 3.39. The van der Waals surface area contributed by atoms with E-state index in [1.807, 2.05) is 0 Å². The number of nitrogen functional groups attached to an aromatic ring is 1. The Morgan fingerprint density at radius 1 is 1.19 bits per heavy atom. The molecule has 3 nitrogen and oxygen atoms in total. The van der Waals surface area contributed by atoms with Gasteiger partial charge in [-0.1, -0.05) is 18.2 Å². The summed E-state index contributed by atoms with van der Waals surface area (Å²) in [6, 6.07) is 10.3. The molecule has 2 N–H and O–H groups in total. The Balaban J connectivity index is 2.05. The van der Waals surface area contributed by atoms with E-state index in [0.29, 0.717) is 11.3 Å². The SMILES string of the molecule is CC(C(=O)OCc1c(F)cccc1F)c1cccc(N)c1. The van der Waals surface area contributed by atoms with Crippen LogP contribution in [0.1, 0.15) is 24.0 Å². The lowest BCUT2D eigenvalue weighted by atomic mass is 10.0. The quantitative estimate of drug-likeness (QED) is 0.694. The van der Waals surface area contributed by atoms with Crippen LogP contribution in [0.15, 0.2) is 42.5 Å². The highest BCUT2D eigenvalue weighted by atomic mass is 19.1. The number of esters is 1. The minimum atomic E-state index is -0.737. The Bertz CT molecular complexity index is 638. The molecule has 0 saturated carbocycles. The number of rotatable bonds is 4. The summed E-state index contributed by atoms with van der Waals surface area (Å²) in [5.74, 6) is -2.61. The standard InChI is InChI=1S/C16H15F2NO2/c1-10(11-4-2-5-12(19)8-11)16(20)21-9-13-14(17)6-3-7-15(13)18/h2-8,10H,9,19H2,1H3. The van der Waals surface area contributed by atoms with Gasteiger partial charge in [-0.25, -0.2) is 8.78 Å². The third-order valence-electron chi connectivity index (χ3n) is 3.18. The molecule has 0 aliphatic heterocycles. The number of anilines is 1. The van der Waals surface area contributed by atoms with E-state index in [9.17, 15) is 13.6 Å². The van der Waals surface area contributed by atoms with Crippen molar-refractivity contribution in [3.05, 3.63) is 65.2 Å². The van der Waals surface area contributed by atoms with Crippen LogP contribution in [0.25, 0.3) is 0 Å². The van der Waals surface area contributed by atoms with Crippen molar-refractivity contribution < 1.29 is 18.3 Å². The first-order valence-electron chi connectivity index (χ1n) is 6.44. The molecule has 0 aliphatic carbocycles. The first kappa shape index (κ1) is 15.0. The van der Waals surface area contributed by atoms with Crippen LogP contribution in [0.4, 0.5) is 14.5 Å². The van der Waals surface area contributed by atoms with Gasteiger partial charge in [-0.05, 0) is 36.8 Å². The van der Waals surface area contributed by atoms with Crippen molar-refractivity contribution in [3.8, 4) is 0 Å². The number of benzene rings is 2. The van der Waals surface area contributed by atoms with Gasteiger partial charge in [0.25, 0.3) is 0 Å². The maximum atomic E-state index is 13.4. The lowest BCUT2D eigenvalue weighted by Gasteiger charge is -2.13. The van der Waals surface area contributed by atoms with Gasteiger partial charge in [0.15, 0.2) is 0 Å². The van der Waals surface area contributed by atoms with Crippen LogP contribution < -0.4 is 5.73 Å². The molecular weight excluding hydrogens is 276 g/mol. The third kappa shape index (κ3) is 3.56. The van der Waals surface area contributed by atoms with Crippen molar-refractivity contribution >= 4 is 11.7 Å². The molecule has 2 aromatic rings. The molecule has 0 aliphatic rings. The van der Waals surface area contributed by atoms with Gasteiger partial charge in [0, 0.05) is 5.69 Å². The largest absolute Gasteiger partial charge is 0.460 e. The highest BCUT2D eigenvalue weighted by Crippen LogP contribution is 2.20. The van der Waals surface area contributed by atoms with Crippen molar-refractivity contribution in [1.82, 2.24) is 0 Å². The molecule has 0 heterocycles. The summed E-state index contributed by atoms with van der Waals surface area (Å²) >= 11 is 0. The summed E-state index contributed by atoms with van der Waals surface area (Å²) in [6.45, 7) is 1.21. The Morgan fingerprint density at radius 3 is 2.43 bits per heavy atom. The zero-order chi connectivity index (χ0) is 15.4. The summed E-state index contributed by atoms with van der Waals surface area (Å²) in [5.41, 5.74) is 6.61. The van der Waals surface area contributed by atoms with E-state index in [2.05, 4.69) is 0 Å². The number of carbonyl (C=O) groups excluding carboxylic acids is 1. The van der Waals surface area contributed by atoms with Crippen molar-refractivity contribution in [2.24, 2.45) is 0 Å². The molecule has 0 spiro atoms. The Labute approximate surface area is 121 Å². The second kappa shape index (κ2) is 6.35. The monoisotopic (exact) mass is 291 g/mol. The summed E-state index contributed by atoms with van der Waals surface area (Å²) in [4.78, 5) is 11.9. The minimum absolute atomic E-state index is 0.259. The van der Waals surface area contributed by atoms with Crippen LogP contribution in [0.2, 0.25) is 0 Å². The van der Waals surface area contributed by atoms with Gasteiger partial charge < -0.3 is 10.5 Å². The van der Waals surface area contributed by atoms with E-state index in [4.69, 9.17) is 10.5 Å². The average Bonchev–Trinajstić information content (AvgIpc) is 2.45. The second-order valence-electron chi connectivity index (χ2n) is 4.70. The molecule has 0 saturated heterocycles. The Kier molecular flexibility index (Phi) is 4.52. The van der Waals surface area contributed by atoms with Crippen molar-refractivity contribution in [2.75, 3.05) is 5.73 Å². The van der Waals surface area contributed by atoms with E-state index in [-0.39, 0.29) is 5.56 Å². The topological polar surface area (TPSA) is 52.3 Å². The van der Waals surface area contributed by atoms with Gasteiger partial charge in [0.2, 0.25) is 0 Å². The van der Waals surface area contributed by atoms with Crippen LogP contribution in [0.5, 0.6) is 0 Å². The van der Waals surface area contributed by atoms with Crippen LogP contribution in [0.3, 0.4) is 0 Å². The van der Waals surface area contributed by atoms with Gasteiger partial charge >= 0.3 is 5.97 Å². The fourth-order valence-corrected chi connectivity index (χ4v) is 1.90. The molecule has 1 unspecified atom stereocenters. The fraction of sp³-hybridized carbons (Fsp3) is 0.188. The zero-order valence-corrected chi connectivity index (χ0v) is 11.5. The van der Waals surface area contributed by atoms with Gasteiger partial charge in [0.1, 0.15) is 18.2 Å². The average molecular weight is 291 g/mol. The molecule has 2 aromatic carbocycles. The van der Waals surface area contributed by atoms with Crippen LogP contribution >= 0.6 is 0 Å². The first-order valence-corrected chi connectivity index (χ1v) is 6.44. The number of ether oxygens (including phenoxy) is 1. The minimum Gasteiger partial charge on any atom is -0.460 e. The molecule has 5 heteroatoms. The summed E-state index contributed by atoms with van der Waals surface area (Å²) < 4.78 is 31.8. The van der Waals surface area contributed by atoms with E-state index < -0.39 is 30.1 Å². The van der Waals surface area contributed by atoms with Crippen LogP contribution in [-0.2, 0) is 16.1 Å². The van der Waals surface area contributed by atoms with Gasteiger partial charge in [-0.2, -0.15) is 0 Å². The molecule has 0 amide bonds. The molecule has 2 rings (SSSR count). The van der Waals surface area contributed by atoms with E-state index in [0.717, 1.165) is 12.1 Å². The molecular formula is C16H15F2NO2. The summed E-state index contributed by atoms with van der Waals surface area (Å²) in [6.07, 6.45) is 0. The van der Waals surface area contributed by atoms with Crippen LogP contribution in [0, 0.1) is 11.6 Å². The Hall–Kier alpha value is -2.43.